The molecule has 1 aliphatic rings. The normalized spacial score (nSPS) is 19.6. The van der Waals surface area contributed by atoms with Gasteiger partial charge in [-0.05, 0) is 12.1 Å². The number of rotatable bonds is 4. The molecule has 3 rings (SSSR count). The zero-order valence-electron chi connectivity index (χ0n) is 11.4. The van der Waals surface area contributed by atoms with Gasteiger partial charge < -0.3 is 9.32 Å². The Hall–Kier alpha value is -1.86. The highest BCUT2D eigenvalue weighted by molar-refractivity contribution is 7.89. The quantitative estimate of drug-likeness (QED) is 0.914. The molecule has 1 aromatic heterocycles. The molecule has 1 aromatic carbocycles. The predicted molar refractivity (Wildman–Crippen MR) is 77.7 cm³/mol. The van der Waals surface area contributed by atoms with E-state index in [0.717, 1.165) is 11.0 Å². The van der Waals surface area contributed by atoms with Crippen LogP contribution in [0.4, 0.5) is 0 Å². The third-order valence-electron chi connectivity index (χ3n) is 3.59. The minimum Gasteiger partial charge on any atom is -0.459 e. The van der Waals surface area contributed by atoms with E-state index in [1.54, 1.807) is 4.90 Å². The van der Waals surface area contributed by atoms with Crippen LogP contribution in [0.3, 0.4) is 0 Å². The van der Waals surface area contributed by atoms with Crippen molar-refractivity contribution in [3.05, 3.63) is 36.1 Å². The first kappa shape index (κ1) is 14.1. The summed E-state index contributed by atoms with van der Waals surface area (Å²) in [5.41, 5.74) is 0.778. The number of furan rings is 1. The number of sulfonamides is 1. The van der Waals surface area contributed by atoms with Crippen LogP contribution in [0.1, 0.15) is 12.2 Å². The van der Waals surface area contributed by atoms with Crippen LogP contribution >= 0.6 is 0 Å². The lowest BCUT2D eigenvalue weighted by Crippen LogP contribution is -2.27. The van der Waals surface area contributed by atoms with Crippen molar-refractivity contribution in [2.24, 2.45) is 11.1 Å². The van der Waals surface area contributed by atoms with Crippen LogP contribution in [0.5, 0.6) is 0 Å². The molecule has 21 heavy (non-hydrogen) atoms. The number of hydrogen-bond donors (Lipinski definition) is 1. The lowest BCUT2D eigenvalue weighted by Gasteiger charge is -2.14. The molecule has 0 spiro atoms. The molecule has 0 bridgehead atoms. The van der Waals surface area contributed by atoms with Gasteiger partial charge in [0, 0.05) is 24.3 Å². The monoisotopic (exact) mass is 308 g/mol. The van der Waals surface area contributed by atoms with Crippen molar-refractivity contribution in [2.45, 2.75) is 13.0 Å². The van der Waals surface area contributed by atoms with E-state index in [4.69, 9.17) is 9.56 Å². The van der Waals surface area contributed by atoms with Crippen molar-refractivity contribution < 1.29 is 17.6 Å². The molecular formula is C14H16N2O4S. The fourth-order valence-electron chi connectivity index (χ4n) is 2.75. The number of fused-ring (bicyclic) bond motifs is 1. The number of carbonyl (C=O) groups is 1. The number of nitrogens with zero attached hydrogens (tertiary/aromatic N) is 1. The summed E-state index contributed by atoms with van der Waals surface area (Å²) in [5.74, 6) is 0.233. The minimum atomic E-state index is -3.55. The molecule has 0 radical (unpaired) electrons. The van der Waals surface area contributed by atoms with Gasteiger partial charge in [0.15, 0.2) is 0 Å². The number of primary sulfonamides is 1. The number of likely N-dealkylation sites (tertiary alicyclic amines) is 1. The average Bonchev–Trinajstić information content (AvgIpc) is 2.91. The number of nitrogens with two attached hydrogens (primary N) is 1. The van der Waals surface area contributed by atoms with Crippen molar-refractivity contribution in [3.8, 4) is 0 Å². The molecule has 6 nitrogen and oxygen atoms in total. The molecule has 2 heterocycles. The van der Waals surface area contributed by atoms with Crippen molar-refractivity contribution in [1.29, 1.82) is 0 Å². The van der Waals surface area contributed by atoms with Crippen LogP contribution in [-0.4, -0.2) is 31.5 Å². The predicted octanol–water partition coefficient (Wildman–Crippen LogP) is 1.07. The van der Waals surface area contributed by atoms with E-state index in [1.807, 2.05) is 30.3 Å². The number of para-hydroxylation sites is 1. The van der Waals surface area contributed by atoms with E-state index < -0.39 is 10.0 Å². The van der Waals surface area contributed by atoms with Crippen LogP contribution in [-0.2, 0) is 21.4 Å². The van der Waals surface area contributed by atoms with E-state index >= 15 is 0 Å². The molecule has 0 aliphatic carbocycles. The summed E-state index contributed by atoms with van der Waals surface area (Å²) in [6.45, 7) is 0.751. The maximum atomic E-state index is 11.9. The second-order valence-electron chi connectivity index (χ2n) is 5.42. The molecule has 1 unspecified atom stereocenters. The van der Waals surface area contributed by atoms with Gasteiger partial charge in [0.05, 0.1) is 12.3 Å². The average molecular weight is 308 g/mol. The standard InChI is InChI=1S/C14H16N2O4S/c15-21(18,19)9-10-5-14(17)16(7-10)8-12-6-11-3-1-2-4-13(11)20-12/h1-4,6,10H,5,7-9H2,(H2,15,18,19). The second-order valence-corrected chi connectivity index (χ2v) is 7.08. The smallest absolute Gasteiger partial charge is 0.223 e. The van der Waals surface area contributed by atoms with Crippen molar-refractivity contribution in [1.82, 2.24) is 4.90 Å². The van der Waals surface area contributed by atoms with Crippen molar-refractivity contribution in [3.63, 3.8) is 0 Å². The van der Waals surface area contributed by atoms with Gasteiger partial charge in [0.25, 0.3) is 0 Å². The Labute approximate surface area is 122 Å². The molecular weight excluding hydrogens is 292 g/mol. The summed E-state index contributed by atoms with van der Waals surface area (Å²) in [6.07, 6.45) is 0.219. The van der Waals surface area contributed by atoms with Crippen molar-refractivity contribution in [2.75, 3.05) is 12.3 Å². The number of carbonyl (C=O) groups excluding carboxylic acids is 1. The van der Waals surface area contributed by atoms with Gasteiger partial charge in [-0.1, -0.05) is 18.2 Å². The van der Waals surface area contributed by atoms with Gasteiger partial charge in [-0.25, -0.2) is 13.6 Å². The van der Waals surface area contributed by atoms with Gasteiger partial charge in [-0.2, -0.15) is 0 Å². The maximum Gasteiger partial charge on any atom is 0.223 e. The molecule has 2 aromatic rings. The molecule has 1 amide bonds. The molecule has 112 valence electrons. The van der Waals surface area contributed by atoms with Gasteiger partial charge in [0.2, 0.25) is 15.9 Å². The van der Waals surface area contributed by atoms with E-state index in [-0.39, 0.29) is 24.0 Å². The summed E-state index contributed by atoms with van der Waals surface area (Å²) >= 11 is 0. The number of amides is 1. The molecule has 2 N–H and O–H groups in total. The lowest BCUT2D eigenvalue weighted by atomic mass is 10.1. The highest BCUT2D eigenvalue weighted by Crippen LogP contribution is 2.24. The molecule has 0 saturated carbocycles. The van der Waals surface area contributed by atoms with Crippen LogP contribution < -0.4 is 5.14 Å². The van der Waals surface area contributed by atoms with E-state index in [0.29, 0.717) is 18.8 Å². The van der Waals surface area contributed by atoms with Gasteiger partial charge in [-0.15, -0.1) is 0 Å². The second kappa shape index (κ2) is 5.16. The first-order chi connectivity index (χ1) is 9.90. The Kier molecular flexibility index (Phi) is 3.46. The Balaban J connectivity index is 1.71. The first-order valence-corrected chi connectivity index (χ1v) is 8.38. The van der Waals surface area contributed by atoms with E-state index in [9.17, 15) is 13.2 Å². The Morgan fingerprint density at radius 2 is 2.10 bits per heavy atom. The highest BCUT2D eigenvalue weighted by atomic mass is 32.2. The fraction of sp³-hybridized carbons (Fsp3) is 0.357. The largest absolute Gasteiger partial charge is 0.459 e. The Bertz CT molecular complexity index is 748. The van der Waals surface area contributed by atoms with E-state index in [2.05, 4.69) is 0 Å². The van der Waals surface area contributed by atoms with Gasteiger partial charge in [-0.3, -0.25) is 4.79 Å². The first-order valence-electron chi connectivity index (χ1n) is 6.66. The van der Waals surface area contributed by atoms with Crippen LogP contribution in [0.25, 0.3) is 11.0 Å². The van der Waals surface area contributed by atoms with Gasteiger partial charge >= 0.3 is 0 Å². The third kappa shape index (κ3) is 3.25. The SMILES string of the molecule is NS(=O)(=O)CC1CC(=O)N(Cc2cc3ccccc3o2)C1. The third-order valence-corrected chi connectivity index (χ3v) is 4.52. The molecule has 1 aliphatic heterocycles. The number of benzene rings is 1. The maximum absolute atomic E-state index is 11.9. The summed E-state index contributed by atoms with van der Waals surface area (Å²) < 4.78 is 27.9. The molecule has 1 fully saturated rings. The van der Waals surface area contributed by atoms with E-state index in [1.165, 1.54) is 0 Å². The van der Waals surface area contributed by atoms with Crippen LogP contribution in [0.2, 0.25) is 0 Å². The molecule has 7 heteroatoms. The summed E-state index contributed by atoms with van der Waals surface area (Å²) in [5, 5.41) is 6.02. The molecule has 1 saturated heterocycles. The zero-order chi connectivity index (χ0) is 15.0. The highest BCUT2D eigenvalue weighted by Gasteiger charge is 2.32. The molecule has 1 atom stereocenters. The fourth-order valence-corrected chi connectivity index (χ4v) is 3.63. The minimum absolute atomic E-state index is 0.0656. The lowest BCUT2D eigenvalue weighted by molar-refractivity contribution is -0.128. The van der Waals surface area contributed by atoms with Crippen LogP contribution in [0.15, 0.2) is 34.7 Å². The Morgan fingerprint density at radius 3 is 2.81 bits per heavy atom. The summed E-state index contributed by atoms with van der Waals surface area (Å²) in [7, 11) is -3.55. The number of hydrogen-bond acceptors (Lipinski definition) is 4. The van der Waals surface area contributed by atoms with Crippen molar-refractivity contribution >= 4 is 26.9 Å². The summed E-state index contributed by atoms with van der Waals surface area (Å²) in [6, 6.07) is 9.52. The summed E-state index contributed by atoms with van der Waals surface area (Å²) in [4.78, 5) is 13.6. The zero-order valence-corrected chi connectivity index (χ0v) is 12.2. The van der Waals surface area contributed by atoms with Gasteiger partial charge in [0.1, 0.15) is 11.3 Å². The van der Waals surface area contributed by atoms with Crippen LogP contribution in [0, 0.1) is 5.92 Å². The Morgan fingerprint density at radius 1 is 1.33 bits per heavy atom. The topological polar surface area (TPSA) is 93.6 Å².